The molecule has 10 heteroatoms. The van der Waals surface area contributed by atoms with Gasteiger partial charge in [-0.2, -0.15) is 5.06 Å². The quantitative estimate of drug-likeness (QED) is 0.209. The number of hydrogen-bond donors (Lipinski definition) is 5. The molecule has 0 bridgehead atoms. The minimum Gasteiger partial charge on any atom is -0.394 e. The van der Waals surface area contributed by atoms with Crippen molar-refractivity contribution in [2.45, 2.75) is 44.7 Å². The lowest BCUT2D eigenvalue weighted by molar-refractivity contribution is -0.181. The summed E-state index contributed by atoms with van der Waals surface area (Å²) in [7, 11) is 0. The summed E-state index contributed by atoms with van der Waals surface area (Å²) in [6.07, 6.45) is -0.828. The number of para-hydroxylation sites is 2. The Morgan fingerprint density at radius 3 is 2.57 bits per heavy atom. The number of aliphatic hydroxyl groups is 2. The van der Waals surface area contributed by atoms with E-state index in [2.05, 4.69) is 33.0 Å². The van der Waals surface area contributed by atoms with Crippen molar-refractivity contribution in [3.63, 3.8) is 0 Å². The first-order valence-electron chi connectivity index (χ1n) is 14.4. The zero-order valence-electron chi connectivity index (χ0n) is 23.8. The highest BCUT2D eigenvalue weighted by Gasteiger charge is 2.49. The van der Waals surface area contributed by atoms with Crippen molar-refractivity contribution in [3.05, 3.63) is 95.6 Å². The average molecular weight is 574 g/mol. The molecule has 3 aromatic carbocycles. The van der Waals surface area contributed by atoms with Crippen LogP contribution in [-0.2, 0) is 22.7 Å². The fourth-order valence-electron chi connectivity index (χ4n) is 5.72. The first-order valence-corrected chi connectivity index (χ1v) is 14.4. The number of benzene rings is 3. The van der Waals surface area contributed by atoms with E-state index in [1.165, 1.54) is 0 Å². The average Bonchev–Trinajstić information content (AvgIpc) is 3.60. The summed E-state index contributed by atoms with van der Waals surface area (Å²) in [4.78, 5) is 34.2. The number of nitrogens with zero attached hydrogens (tertiary/aromatic N) is 2. The van der Waals surface area contributed by atoms with Crippen LogP contribution in [0.5, 0.6) is 0 Å². The molecule has 222 valence electrons. The number of carbonyl (C=O) groups is 2. The van der Waals surface area contributed by atoms with E-state index in [1.54, 1.807) is 24.1 Å². The molecule has 10 nitrogen and oxygen atoms in total. The number of hydrogen-bond acceptors (Lipinski definition) is 8. The molecule has 2 aliphatic rings. The molecule has 0 saturated carbocycles. The highest BCUT2D eigenvalue weighted by molar-refractivity contribution is 5.94. The van der Waals surface area contributed by atoms with Crippen molar-refractivity contribution in [1.82, 2.24) is 15.7 Å². The Balaban J connectivity index is 1.20. The van der Waals surface area contributed by atoms with Gasteiger partial charge in [-0.3, -0.25) is 14.4 Å². The maximum atomic E-state index is 13.5. The number of nitrogens with one attached hydrogen (secondary N) is 3. The van der Waals surface area contributed by atoms with Crippen LogP contribution in [0.2, 0.25) is 0 Å². The van der Waals surface area contributed by atoms with E-state index >= 15 is 0 Å². The van der Waals surface area contributed by atoms with Crippen LogP contribution in [-0.4, -0.2) is 71.7 Å². The lowest BCUT2D eigenvalue weighted by Crippen LogP contribution is -2.49. The predicted octanol–water partition coefficient (Wildman–Crippen LogP) is 2.49. The fourth-order valence-corrected chi connectivity index (χ4v) is 5.72. The largest absolute Gasteiger partial charge is 0.394 e. The van der Waals surface area contributed by atoms with Crippen LogP contribution in [0.1, 0.15) is 34.8 Å². The molecule has 2 amide bonds. The van der Waals surface area contributed by atoms with Gasteiger partial charge in [0, 0.05) is 31.1 Å². The molecular formula is C32H39N5O5. The van der Waals surface area contributed by atoms with Crippen LogP contribution in [0.15, 0.2) is 78.9 Å². The molecule has 3 aromatic rings. The number of amides is 2. The molecule has 0 unspecified atom stereocenters. The summed E-state index contributed by atoms with van der Waals surface area (Å²) in [5.41, 5.74) is 4.64. The van der Waals surface area contributed by atoms with Crippen LogP contribution >= 0.6 is 0 Å². The number of aliphatic hydroxyl groups excluding tert-OH is 2. The van der Waals surface area contributed by atoms with Gasteiger partial charge in [0.05, 0.1) is 37.3 Å². The summed E-state index contributed by atoms with van der Waals surface area (Å²) in [6.45, 7) is 3.90. The van der Waals surface area contributed by atoms with Crippen molar-refractivity contribution >= 4 is 23.2 Å². The minimum atomic E-state index is -0.866. The van der Waals surface area contributed by atoms with Crippen molar-refractivity contribution in [1.29, 1.82) is 0 Å². The van der Waals surface area contributed by atoms with Gasteiger partial charge in [-0.25, -0.2) is 0 Å². The zero-order chi connectivity index (χ0) is 29.5. The second-order valence-electron chi connectivity index (χ2n) is 10.8. The molecule has 5 N–H and O–H groups in total. The first kappa shape index (κ1) is 29.5. The maximum absolute atomic E-state index is 13.5. The molecule has 1 saturated heterocycles. The summed E-state index contributed by atoms with van der Waals surface area (Å²) in [5.74, 6) is -1.00. The van der Waals surface area contributed by atoms with E-state index in [0.717, 1.165) is 42.1 Å². The summed E-state index contributed by atoms with van der Waals surface area (Å²) < 4.78 is 0. The molecule has 2 aliphatic heterocycles. The lowest BCUT2D eigenvalue weighted by atomic mass is 9.89. The number of rotatable bonds is 12. The Hall–Kier alpha value is -3.96. The third kappa shape index (κ3) is 6.91. The van der Waals surface area contributed by atoms with Crippen LogP contribution in [0, 0.1) is 5.92 Å². The third-order valence-electron chi connectivity index (χ3n) is 7.81. The fraction of sp³-hybridized carbons (Fsp3) is 0.375. The Bertz CT molecular complexity index is 1350. The summed E-state index contributed by atoms with van der Waals surface area (Å²) in [6, 6.07) is 24.1. The van der Waals surface area contributed by atoms with E-state index in [4.69, 9.17) is 4.84 Å². The Kier molecular flexibility index (Phi) is 9.70. The standard InChI is InChI=1S/C32H39N5O5/c1-22(39)29-28(20-38)42-37(19-24-10-7-9-23(17-24)18-34-31(40)25-11-3-2-4-12-25)30(29)32(41)33-15-8-16-36-21-35-26-13-5-6-14-27(26)36/h2-7,9-14,17,22,28-30,35,38-39H,8,15-16,18-21H2,1H3,(H,33,41)(H,34,40)/t22-,28-,29+,30-/m1/s1. The Morgan fingerprint density at radius 2 is 1.79 bits per heavy atom. The van der Waals surface area contributed by atoms with Crippen molar-refractivity contribution in [2.24, 2.45) is 5.92 Å². The van der Waals surface area contributed by atoms with Gasteiger partial charge < -0.3 is 31.1 Å². The smallest absolute Gasteiger partial charge is 0.251 e. The molecule has 1 fully saturated rings. The minimum absolute atomic E-state index is 0.156. The zero-order valence-corrected chi connectivity index (χ0v) is 23.8. The molecule has 5 rings (SSSR count). The molecule has 0 spiro atoms. The van der Waals surface area contributed by atoms with Crippen LogP contribution in [0.3, 0.4) is 0 Å². The van der Waals surface area contributed by atoms with Crippen molar-refractivity contribution < 1.29 is 24.6 Å². The van der Waals surface area contributed by atoms with Gasteiger partial charge in [-0.1, -0.05) is 54.6 Å². The van der Waals surface area contributed by atoms with Crippen molar-refractivity contribution in [3.8, 4) is 0 Å². The second kappa shape index (κ2) is 13.8. The topological polar surface area (TPSA) is 126 Å². The highest BCUT2D eigenvalue weighted by Crippen LogP contribution is 2.33. The predicted molar refractivity (Wildman–Crippen MR) is 160 cm³/mol. The van der Waals surface area contributed by atoms with Gasteiger partial charge in [0.1, 0.15) is 12.1 Å². The third-order valence-corrected chi connectivity index (χ3v) is 7.81. The molecule has 0 radical (unpaired) electrons. The highest BCUT2D eigenvalue weighted by atomic mass is 16.7. The van der Waals surface area contributed by atoms with E-state index in [-0.39, 0.29) is 25.0 Å². The van der Waals surface area contributed by atoms with Crippen LogP contribution in [0.4, 0.5) is 11.4 Å². The van der Waals surface area contributed by atoms with Gasteiger partial charge in [-0.05, 0) is 48.7 Å². The molecule has 4 atom stereocenters. The molecular weight excluding hydrogens is 534 g/mol. The monoisotopic (exact) mass is 573 g/mol. The van der Waals surface area contributed by atoms with Crippen LogP contribution < -0.4 is 20.9 Å². The van der Waals surface area contributed by atoms with Crippen molar-refractivity contribution in [2.75, 3.05) is 36.6 Å². The van der Waals surface area contributed by atoms with Gasteiger partial charge in [0.25, 0.3) is 5.91 Å². The number of carbonyl (C=O) groups excluding carboxylic acids is 2. The summed E-state index contributed by atoms with van der Waals surface area (Å²) >= 11 is 0. The SMILES string of the molecule is C[C@@H](O)[C@H]1[C@@H](CO)ON(Cc2cccc(CNC(=O)c3ccccc3)c2)[C@H]1C(=O)NCCCN1CNc2ccccc21. The number of fused-ring (bicyclic) bond motifs is 1. The number of anilines is 2. The summed E-state index contributed by atoms with van der Waals surface area (Å²) in [5, 5.41) is 31.5. The molecule has 0 aliphatic carbocycles. The van der Waals surface area contributed by atoms with Gasteiger partial charge in [0.2, 0.25) is 5.91 Å². The van der Waals surface area contributed by atoms with Gasteiger partial charge in [-0.15, -0.1) is 0 Å². The van der Waals surface area contributed by atoms with E-state index in [1.807, 2.05) is 54.6 Å². The Labute approximate surface area is 246 Å². The first-order chi connectivity index (χ1) is 20.4. The lowest BCUT2D eigenvalue weighted by Gasteiger charge is -2.26. The van der Waals surface area contributed by atoms with E-state index in [0.29, 0.717) is 18.7 Å². The Morgan fingerprint density at radius 1 is 1.02 bits per heavy atom. The second-order valence-corrected chi connectivity index (χ2v) is 10.8. The molecule has 2 heterocycles. The van der Waals surface area contributed by atoms with Crippen LogP contribution in [0.25, 0.3) is 0 Å². The van der Waals surface area contributed by atoms with Gasteiger partial charge in [0.15, 0.2) is 0 Å². The maximum Gasteiger partial charge on any atom is 0.251 e. The molecule has 0 aromatic heterocycles. The van der Waals surface area contributed by atoms with E-state index < -0.39 is 24.2 Å². The normalized spacial score (nSPS) is 20.5. The van der Waals surface area contributed by atoms with Gasteiger partial charge >= 0.3 is 0 Å². The van der Waals surface area contributed by atoms with E-state index in [9.17, 15) is 19.8 Å². The number of hydroxylamine groups is 2. The molecule has 42 heavy (non-hydrogen) atoms.